The number of hydrogen-bond acceptors (Lipinski definition) is 39. The number of ether oxygens (including phenoxy) is 9. The highest BCUT2D eigenvalue weighted by molar-refractivity contribution is 7.84. The van der Waals surface area contributed by atoms with Gasteiger partial charge in [-0.3, -0.25) is 41.2 Å². The first-order valence-corrected chi connectivity index (χ1v) is 34.6. The molecule has 24 atom stereocenters. The molecule has 4 aliphatic rings. The maximum absolute atomic E-state index is 12.8. The topological polar surface area (TPSA) is 816 Å². The first-order chi connectivity index (χ1) is 41.1. The SMILES string of the molecule is CO[C@H]1O[C@@H](COS(=O)(=O)O)[C@@H](O[C@H](O)C(OS(=O)(=O)O)[C@H](O)[C@H](CC(=O)O)O[C@@H]2OC(COS(=O)(=O)O)[C@@H](O[C@@H]3O[C@@H](C(=O)O)[C@@H](O[C@H]4O[C@@H](COS(=O)(=O)O)[C@@H](O)C(O)C4NS(=O)(=O)O)C(O)C3O)[C@H](OS(=O)(=O)O)C2NS(=O)(=O)O)C(O)C1NS(=O)(=O)O. The molecular weight excluding hydrogens is 1450 g/mol. The lowest BCUT2D eigenvalue weighted by Gasteiger charge is -2.49. The normalized spacial score (nSPS) is 35.0. The van der Waals surface area contributed by atoms with Crippen LogP contribution in [0.2, 0.25) is 0 Å². The summed E-state index contributed by atoms with van der Waals surface area (Å²) in [4.78, 5) is 25.1. The molecule has 0 aromatic heterocycles. The molecule has 0 radical (unpaired) electrons. The Kier molecular flexibility index (Phi) is 27.7. The molecule has 0 bridgehead atoms. The van der Waals surface area contributed by atoms with Crippen LogP contribution in [0.4, 0.5) is 0 Å². The van der Waals surface area contributed by atoms with Gasteiger partial charge in [0.25, 0.3) is 0 Å². The van der Waals surface area contributed by atoms with Gasteiger partial charge in [0.15, 0.2) is 43.7 Å². The Balaban J connectivity index is 1.86. The summed E-state index contributed by atoms with van der Waals surface area (Å²) in [5.41, 5.74) is 0. The number of aliphatic hydroxyl groups excluding tert-OH is 7. The van der Waals surface area contributed by atoms with Gasteiger partial charge in [0, 0.05) is 7.11 Å². The van der Waals surface area contributed by atoms with Crippen LogP contribution >= 0.6 is 0 Å². The first kappa shape index (κ1) is 80.7. The van der Waals surface area contributed by atoms with E-state index in [2.05, 4.69) is 20.9 Å². The number of aliphatic hydroxyl groups is 7. The number of rotatable bonds is 34. The van der Waals surface area contributed by atoms with Crippen LogP contribution in [-0.2, 0) is 156 Å². The highest BCUT2D eigenvalue weighted by Gasteiger charge is 2.59. The summed E-state index contributed by atoms with van der Waals surface area (Å²) in [6.07, 6.45) is -63.6. The van der Waals surface area contributed by atoms with Gasteiger partial charge in [0.05, 0.1) is 32.3 Å². The maximum atomic E-state index is 12.8. The summed E-state index contributed by atoms with van der Waals surface area (Å²) in [5.74, 6) is -4.72. The number of aliphatic carboxylic acids is 2. The van der Waals surface area contributed by atoms with E-state index in [1.54, 1.807) is 0 Å². The lowest BCUT2D eigenvalue weighted by molar-refractivity contribution is -0.363. The van der Waals surface area contributed by atoms with Crippen LogP contribution in [0.25, 0.3) is 0 Å². The molecule has 20 N–H and O–H groups in total. The molecule has 9 unspecified atom stereocenters. The maximum Gasteiger partial charge on any atom is 0.397 e. The third-order valence-electron chi connectivity index (χ3n) is 12.1. The molecule has 0 amide bonds. The monoisotopic (exact) mass is 1510 g/mol. The third-order valence-corrected chi connectivity index (χ3v) is 16.0. The van der Waals surface area contributed by atoms with E-state index >= 15 is 0 Å². The molecule has 4 saturated heterocycles. The highest BCUT2D eigenvalue weighted by atomic mass is 32.3. The Labute approximate surface area is 510 Å². The second-order valence-corrected chi connectivity index (χ2v) is 27.4. The molecule has 91 heavy (non-hydrogen) atoms. The molecule has 0 spiro atoms. The van der Waals surface area contributed by atoms with Crippen molar-refractivity contribution in [2.45, 2.75) is 154 Å². The van der Waals surface area contributed by atoms with Crippen LogP contribution in [0.3, 0.4) is 0 Å². The second-order valence-electron chi connectivity index (χ2n) is 18.5. The fourth-order valence-corrected chi connectivity index (χ4v) is 12.3. The Morgan fingerprint density at radius 3 is 1.34 bits per heavy atom. The van der Waals surface area contributed by atoms with Crippen molar-refractivity contribution in [3.8, 4) is 0 Å². The molecule has 0 aromatic carbocycles. The van der Waals surface area contributed by atoms with Gasteiger partial charge in [-0.15, -0.1) is 0 Å². The highest BCUT2D eigenvalue weighted by Crippen LogP contribution is 2.37. The summed E-state index contributed by atoms with van der Waals surface area (Å²) < 4.78 is 339. The fourth-order valence-electron chi connectivity index (χ4n) is 8.60. The van der Waals surface area contributed by atoms with Crippen molar-refractivity contribution in [1.29, 1.82) is 0 Å². The summed E-state index contributed by atoms with van der Waals surface area (Å²) in [6, 6.07) is -8.22. The minimum Gasteiger partial charge on any atom is -0.481 e. The molecule has 0 aliphatic carbocycles. The van der Waals surface area contributed by atoms with Crippen LogP contribution in [-0.4, -0.2) is 336 Å². The van der Waals surface area contributed by atoms with Gasteiger partial charge in [-0.1, -0.05) is 0 Å². The van der Waals surface area contributed by atoms with Crippen molar-refractivity contribution in [2.24, 2.45) is 0 Å². The molecule has 4 rings (SSSR count). The Morgan fingerprint density at radius 1 is 0.462 bits per heavy atom. The average Bonchev–Trinajstić information content (AvgIpc) is 0.775. The van der Waals surface area contributed by atoms with Gasteiger partial charge in [-0.25, -0.2) is 25.7 Å². The van der Waals surface area contributed by atoms with Gasteiger partial charge >= 0.3 is 94.8 Å². The largest absolute Gasteiger partial charge is 0.481 e. The van der Waals surface area contributed by atoms with Crippen LogP contribution in [0.5, 0.6) is 0 Å². The third kappa shape index (κ3) is 25.3. The Morgan fingerprint density at radius 2 is 0.901 bits per heavy atom. The molecule has 0 aromatic rings. The van der Waals surface area contributed by atoms with Crippen molar-refractivity contribution in [1.82, 2.24) is 14.2 Å². The molecular formula is C31H55N3O49S8. The lowest BCUT2D eigenvalue weighted by Crippen LogP contribution is -2.70. The van der Waals surface area contributed by atoms with Gasteiger partial charge in [-0.2, -0.15) is 81.5 Å². The number of carbonyl (C=O) groups is 2. The number of methoxy groups -OCH3 is 1. The molecule has 4 heterocycles. The summed E-state index contributed by atoms with van der Waals surface area (Å²) >= 11 is 0. The zero-order chi connectivity index (χ0) is 69.9. The van der Waals surface area contributed by atoms with Gasteiger partial charge in [0.2, 0.25) is 0 Å². The number of carboxylic acids is 2. The van der Waals surface area contributed by atoms with E-state index in [9.17, 15) is 155 Å². The number of carboxylic acid groups (broad SMARTS) is 2. The van der Waals surface area contributed by atoms with Crippen molar-refractivity contribution in [2.75, 3.05) is 26.9 Å². The van der Waals surface area contributed by atoms with Crippen LogP contribution in [0, 0.1) is 0 Å². The molecule has 536 valence electrons. The minimum absolute atomic E-state index is 0.717. The summed E-state index contributed by atoms with van der Waals surface area (Å²) in [5, 5.41) is 98.3. The van der Waals surface area contributed by atoms with E-state index in [-0.39, 0.29) is 0 Å². The molecule has 52 nitrogen and oxygen atoms in total. The standard InChI is InChI=1S/C31H55N3O49S8/c1-70-28-12(33-85(49,50)51)17(40)20(8(76-28)4-72-88(58,59)60)78-27(45)24(83-91(67,68)69)15(38)6(2-10(35)36)74-30-13(34-86(52,53)54)22(82-90(64,65)66)21(9(77-30)5-73-89(61,62)63)79-31-19(42)18(41)23(25(81-31)26(43)44)80-29-11(32-84(46,47)48)16(39)14(37)7(75-29)3-71-87(55,56)57/h6-9,11-25,27-34,37-42,45H,2-5H2,1H3,(H,35,36)(H,43,44)(H,46,47,48)(H,49,50,51)(H,52,53,54)(H,55,56,57)(H,58,59,60)(H,61,62,63)(H,64,65,66)(H,67,68,69)/t6-,7-,8-,9?,11?,12?,13?,14+,15+,16?,17?,18?,19?,20+,21+,22+,23-,24?,25+,27-,28-,29+,30+,31+/m0/s1. The average molecular weight is 1510 g/mol. The van der Waals surface area contributed by atoms with Gasteiger partial charge in [-0.05, 0) is 0 Å². The molecule has 60 heteroatoms. The zero-order valence-electron chi connectivity index (χ0n) is 44.1. The first-order valence-electron chi connectivity index (χ1n) is 23.5. The molecule has 0 saturated carbocycles. The predicted molar refractivity (Wildman–Crippen MR) is 264 cm³/mol. The van der Waals surface area contributed by atoms with E-state index in [1.807, 2.05) is 0 Å². The fraction of sp³-hybridized carbons (Fsp3) is 0.935. The van der Waals surface area contributed by atoms with E-state index in [0.29, 0.717) is 7.11 Å². The second kappa shape index (κ2) is 31.2. The zero-order valence-corrected chi connectivity index (χ0v) is 50.6. The molecule has 4 fully saturated rings. The Bertz CT molecular complexity index is 3430. The quantitative estimate of drug-likeness (QED) is 0.0210. The van der Waals surface area contributed by atoms with Crippen molar-refractivity contribution in [3.63, 3.8) is 0 Å². The number of nitrogens with one attached hydrogen (secondary N) is 3. The van der Waals surface area contributed by atoms with Crippen molar-refractivity contribution >= 4 is 94.8 Å². The van der Waals surface area contributed by atoms with E-state index in [4.69, 9.17) is 47.2 Å². The van der Waals surface area contributed by atoms with E-state index < -0.39 is 268 Å². The van der Waals surface area contributed by atoms with Crippen LogP contribution < -0.4 is 14.2 Å². The van der Waals surface area contributed by atoms with Crippen LogP contribution in [0.15, 0.2) is 0 Å². The lowest BCUT2D eigenvalue weighted by atomic mass is 9.95. The molecule has 4 aliphatic heterocycles. The van der Waals surface area contributed by atoms with Gasteiger partial charge in [0.1, 0.15) is 97.5 Å². The van der Waals surface area contributed by atoms with E-state index in [1.165, 1.54) is 9.44 Å². The van der Waals surface area contributed by atoms with Crippen molar-refractivity contribution in [3.05, 3.63) is 0 Å². The summed E-state index contributed by atoms with van der Waals surface area (Å²) in [6.45, 7) is -5.11. The number of hydrogen-bond donors (Lipinski definition) is 20. The summed E-state index contributed by atoms with van der Waals surface area (Å²) in [7, 11) is -46.1. The minimum atomic E-state index is -6.37. The smallest absolute Gasteiger partial charge is 0.397 e. The van der Waals surface area contributed by atoms with E-state index in [0.717, 1.165) is 4.72 Å². The Hall–Kier alpha value is -2.74. The van der Waals surface area contributed by atoms with Crippen LogP contribution in [0.1, 0.15) is 6.42 Å². The van der Waals surface area contributed by atoms with Gasteiger partial charge < -0.3 is 88.6 Å². The predicted octanol–water partition coefficient (Wildman–Crippen LogP) is -13.8. The van der Waals surface area contributed by atoms with Crippen molar-refractivity contribution < 1.29 is 223 Å².